The average Bonchev–Trinajstić information content (AvgIpc) is 2.82. The van der Waals surface area contributed by atoms with Crippen LogP contribution in [0.3, 0.4) is 0 Å². The van der Waals surface area contributed by atoms with Gasteiger partial charge in [-0.1, -0.05) is 18.2 Å². The minimum absolute atomic E-state index is 0.796. The highest BCUT2D eigenvalue weighted by atomic mass is 15.3. The second-order valence-electron chi connectivity index (χ2n) is 3.82. The lowest BCUT2D eigenvalue weighted by molar-refractivity contribution is 1.06. The van der Waals surface area contributed by atoms with Gasteiger partial charge in [0.15, 0.2) is 0 Å². The fourth-order valence-corrected chi connectivity index (χ4v) is 1.76. The summed E-state index contributed by atoms with van der Waals surface area (Å²) in [6.07, 6.45) is 1.77. The fourth-order valence-electron chi connectivity index (χ4n) is 1.76. The van der Waals surface area contributed by atoms with Crippen molar-refractivity contribution in [2.24, 2.45) is 0 Å². The molecule has 2 aromatic heterocycles. The predicted molar refractivity (Wildman–Crippen MR) is 68.4 cm³/mol. The number of anilines is 2. The number of aromatic amines is 1. The first-order valence-electron chi connectivity index (χ1n) is 5.44. The van der Waals surface area contributed by atoms with Crippen LogP contribution < -0.4 is 4.90 Å². The van der Waals surface area contributed by atoms with Crippen LogP contribution >= 0.6 is 0 Å². The van der Waals surface area contributed by atoms with Gasteiger partial charge in [0.2, 0.25) is 5.95 Å². The monoisotopic (exact) mass is 224 g/mol. The Morgan fingerprint density at radius 3 is 2.65 bits per heavy atom. The number of hydrogen-bond acceptors (Lipinski definition) is 3. The number of pyridine rings is 1. The van der Waals surface area contributed by atoms with E-state index in [1.807, 2.05) is 54.4 Å². The first-order valence-corrected chi connectivity index (χ1v) is 5.44. The smallest absolute Gasteiger partial charge is 0.209 e. The van der Waals surface area contributed by atoms with Crippen LogP contribution in [0.25, 0.3) is 11.0 Å². The summed E-state index contributed by atoms with van der Waals surface area (Å²) >= 11 is 0. The van der Waals surface area contributed by atoms with E-state index >= 15 is 0 Å². The molecule has 0 atom stereocenters. The van der Waals surface area contributed by atoms with Crippen molar-refractivity contribution in [3.8, 4) is 0 Å². The zero-order valence-electron chi connectivity index (χ0n) is 9.46. The molecule has 0 aliphatic rings. The number of nitrogens with zero attached hydrogens (tertiary/aromatic N) is 3. The molecule has 3 rings (SSSR count). The maximum atomic E-state index is 4.52. The Labute approximate surface area is 98.9 Å². The highest BCUT2D eigenvalue weighted by molar-refractivity contribution is 5.78. The molecule has 1 aromatic carbocycles. The molecular formula is C13H12N4. The highest BCUT2D eigenvalue weighted by Gasteiger charge is 2.09. The molecule has 0 radical (unpaired) electrons. The third-order valence-corrected chi connectivity index (χ3v) is 2.69. The van der Waals surface area contributed by atoms with Gasteiger partial charge in [-0.25, -0.2) is 9.97 Å². The molecule has 0 unspecified atom stereocenters. The van der Waals surface area contributed by atoms with Gasteiger partial charge < -0.3 is 4.98 Å². The van der Waals surface area contributed by atoms with Gasteiger partial charge in [-0.05, 0) is 24.3 Å². The minimum Gasteiger partial charge on any atom is -0.324 e. The lowest BCUT2D eigenvalue weighted by Gasteiger charge is -2.13. The van der Waals surface area contributed by atoms with Crippen molar-refractivity contribution in [3.63, 3.8) is 0 Å². The summed E-state index contributed by atoms with van der Waals surface area (Å²) in [5, 5.41) is 0. The number of hydrogen-bond donors (Lipinski definition) is 1. The molecule has 0 aliphatic carbocycles. The van der Waals surface area contributed by atoms with Gasteiger partial charge in [0.05, 0.1) is 11.0 Å². The Morgan fingerprint density at radius 1 is 1.06 bits per heavy atom. The molecule has 0 amide bonds. The summed E-state index contributed by atoms with van der Waals surface area (Å²) in [6, 6.07) is 13.8. The Hall–Kier alpha value is -2.36. The maximum absolute atomic E-state index is 4.52. The Morgan fingerprint density at radius 2 is 1.88 bits per heavy atom. The third-order valence-electron chi connectivity index (χ3n) is 2.69. The summed E-state index contributed by atoms with van der Waals surface area (Å²) in [7, 11) is 1.94. The topological polar surface area (TPSA) is 44.8 Å². The fraction of sp³-hybridized carbons (Fsp3) is 0.0769. The van der Waals surface area contributed by atoms with Crippen LogP contribution in [-0.4, -0.2) is 22.0 Å². The van der Waals surface area contributed by atoms with E-state index in [4.69, 9.17) is 0 Å². The van der Waals surface area contributed by atoms with Gasteiger partial charge in [0, 0.05) is 13.2 Å². The van der Waals surface area contributed by atoms with Gasteiger partial charge in [0.1, 0.15) is 5.82 Å². The molecule has 0 fully saturated rings. The van der Waals surface area contributed by atoms with Gasteiger partial charge in [-0.15, -0.1) is 0 Å². The SMILES string of the molecule is CN(c1ccccn1)c1nc2ccccc2[nH]1. The largest absolute Gasteiger partial charge is 0.324 e. The lowest BCUT2D eigenvalue weighted by atomic mass is 10.3. The van der Waals surface area contributed by atoms with Crippen molar-refractivity contribution in [2.45, 2.75) is 0 Å². The molecule has 84 valence electrons. The second-order valence-corrected chi connectivity index (χ2v) is 3.82. The van der Waals surface area contributed by atoms with E-state index in [2.05, 4.69) is 15.0 Å². The summed E-state index contributed by atoms with van der Waals surface area (Å²) in [5.74, 6) is 1.66. The summed E-state index contributed by atoms with van der Waals surface area (Å²) in [5.41, 5.74) is 2.00. The number of imidazole rings is 1. The summed E-state index contributed by atoms with van der Waals surface area (Å²) < 4.78 is 0. The van der Waals surface area contributed by atoms with Crippen LogP contribution in [0.4, 0.5) is 11.8 Å². The van der Waals surface area contributed by atoms with Crippen molar-refractivity contribution in [1.82, 2.24) is 15.0 Å². The maximum Gasteiger partial charge on any atom is 0.209 e. The van der Waals surface area contributed by atoms with Crippen molar-refractivity contribution in [1.29, 1.82) is 0 Å². The van der Waals surface area contributed by atoms with E-state index in [0.29, 0.717) is 0 Å². The number of rotatable bonds is 2. The van der Waals surface area contributed by atoms with E-state index in [9.17, 15) is 0 Å². The lowest BCUT2D eigenvalue weighted by Crippen LogP contribution is -2.12. The second kappa shape index (κ2) is 3.90. The number of para-hydroxylation sites is 2. The number of nitrogens with one attached hydrogen (secondary N) is 1. The quantitative estimate of drug-likeness (QED) is 0.728. The van der Waals surface area contributed by atoms with Crippen LogP contribution in [0, 0.1) is 0 Å². The van der Waals surface area contributed by atoms with E-state index < -0.39 is 0 Å². The third kappa shape index (κ3) is 1.73. The van der Waals surface area contributed by atoms with Crippen molar-refractivity contribution in [2.75, 3.05) is 11.9 Å². The van der Waals surface area contributed by atoms with Crippen molar-refractivity contribution >= 4 is 22.8 Å². The Kier molecular flexibility index (Phi) is 2.26. The van der Waals surface area contributed by atoms with Crippen LogP contribution in [0.2, 0.25) is 0 Å². The molecular weight excluding hydrogens is 212 g/mol. The van der Waals surface area contributed by atoms with Crippen LogP contribution in [0.15, 0.2) is 48.7 Å². The van der Waals surface area contributed by atoms with E-state index in [-0.39, 0.29) is 0 Å². The summed E-state index contributed by atoms with van der Waals surface area (Å²) in [6.45, 7) is 0. The summed E-state index contributed by atoms with van der Waals surface area (Å²) in [4.78, 5) is 14.0. The molecule has 0 saturated heterocycles. The zero-order valence-corrected chi connectivity index (χ0v) is 9.46. The number of H-pyrrole nitrogens is 1. The van der Waals surface area contributed by atoms with Crippen molar-refractivity contribution in [3.05, 3.63) is 48.7 Å². The molecule has 17 heavy (non-hydrogen) atoms. The first-order chi connectivity index (χ1) is 8.34. The minimum atomic E-state index is 0.796. The first kappa shape index (κ1) is 9.84. The average molecular weight is 224 g/mol. The van der Waals surface area contributed by atoms with E-state index in [0.717, 1.165) is 22.8 Å². The van der Waals surface area contributed by atoms with Gasteiger partial charge >= 0.3 is 0 Å². The molecule has 0 spiro atoms. The predicted octanol–water partition coefficient (Wildman–Crippen LogP) is 2.73. The molecule has 1 N–H and O–H groups in total. The van der Waals surface area contributed by atoms with E-state index in [1.165, 1.54) is 0 Å². The van der Waals surface area contributed by atoms with Crippen molar-refractivity contribution < 1.29 is 0 Å². The normalized spacial score (nSPS) is 10.6. The zero-order chi connectivity index (χ0) is 11.7. The number of fused-ring (bicyclic) bond motifs is 1. The molecule has 0 aliphatic heterocycles. The van der Waals surface area contributed by atoms with Gasteiger partial charge in [-0.3, -0.25) is 4.90 Å². The number of benzene rings is 1. The Bertz CT molecular complexity index is 597. The molecule has 0 saturated carbocycles. The van der Waals surface area contributed by atoms with E-state index in [1.54, 1.807) is 6.20 Å². The molecule has 4 nitrogen and oxygen atoms in total. The number of aromatic nitrogens is 3. The molecule has 0 bridgehead atoms. The van der Waals surface area contributed by atoms with Crippen LogP contribution in [-0.2, 0) is 0 Å². The molecule has 2 heterocycles. The van der Waals surface area contributed by atoms with Crippen LogP contribution in [0.1, 0.15) is 0 Å². The highest BCUT2D eigenvalue weighted by Crippen LogP contribution is 2.21. The standard InChI is InChI=1S/C13H12N4/c1-17(12-8-4-5-9-14-12)13-15-10-6-2-3-7-11(10)16-13/h2-9H,1H3,(H,15,16). The van der Waals surface area contributed by atoms with Crippen LogP contribution in [0.5, 0.6) is 0 Å². The van der Waals surface area contributed by atoms with Gasteiger partial charge in [-0.2, -0.15) is 0 Å². The Balaban J connectivity index is 2.04. The molecule has 4 heteroatoms. The van der Waals surface area contributed by atoms with Gasteiger partial charge in [0.25, 0.3) is 0 Å². The molecule has 3 aromatic rings.